The predicted octanol–water partition coefficient (Wildman–Crippen LogP) is 4.67. The van der Waals surface area contributed by atoms with Crippen molar-refractivity contribution in [3.8, 4) is 0 Å². The maximum atomic E-state index is 2.63. The zero-order valence-corrected chi connectivity index (χ0v) is 12.4. The van der Waals surface area contributed by atoms with Crippen LogP contribution < -0.4 is 0 Å². The predicted molar refractivity (Wildman–Crippen MR) is 80.2 cm³/mol. The number of allylic oxidation sites excluding steroid dienone is 2. The van der Waals surface area contributed by atoms with Gasteiger partial charge in [0.2, 0.25) is 0 Å². The second kappa shape index (κ2) is 5.62. The summed E-state index contributed by atoms with van der Waals surface area (Å²) in [6.07, 6.45) is 10.9. The van der Waals surface area contributed by atoms with Crippen LogP contribution in [0.1, 0.15) is 45.4 Å². The molecule has 1 unspecified atom stereocenters. The lowest BCUT2D eigenvalue weighted by Gasteiger charge is -2.39. The first-order chi connectivity index (χ1) is 8.18. The normalized spacial score (nSPS) is 33.8. The summed E-state index contributed by atoms with van der Waals surface area (Å²) in [6, 6.07) is 0. The second-order valence-electron chi connectivity index (χ2n) is 5.58. The maximum Gasteiger partial charge on any atom is -0.00375 e. The van der Waals surface area contributed by atoms with Crippen LogP contribution in [0.4, 0.5) is 0 Å². The van der Waals surface area contributed by atoms with Gasteiger partial charge in [0, 0.05) is 0 Å². The van der Waals surface area contributed by atoms with Gasteiger partial charge < -0.3 is 0 Å². The molecule has 0 N–H and O–H groups in total. The number of nitrogens with zero attached hydrogens (tertiary/aromatic N) is 1. The lowest BCUT2D eigenvalue weighted by molar-refractivity contribution is 0.409. The maximum absolute atomic E-state index is 2.63. The molecule has 1 nitrogen and oxygen atoms in total. The molecule has 1 fully saturated rings. The van der Waals surface area contributed by atoms with Crippen molar-refractivity contribution in [2.75, 3.05) is 19.8 Å². The van der Waals surface area contributed by atoms with Gasteiger partial charge in [0.15, 0.2) is 0 Å². The highest BCUT2D eigenvalue weighted by Crippen LogP contribution is 2.58. The Bertz CT molecular complexity index is 313. The summed E-state index contributed by atoms with van der Waals surface area (Å²) in [7, 11) is 3.76. The molecule has 1 atom stereocenters. The lowest BCUT2D eigenvalue weighted by Crippen LogP contribution is -2.17. The molecule has 98 valence electrons. The Hall–Kier alpha value is -0.210. The lowest BCUT2D eigenvalue weighted by atomic mass is 9.84. The van der Waals surface area contributed by atoms with Crippen molar-refractivity contribution in [1.82, 2.24) is 4.31 Å². The van der Waals surface area contributed by atoms with Gasteiger partial charge in [-0.15, -0.1) is 10.2 Å². The Labute approximate surface area is 108 Å². The van der Waals surface area contributed by atoms with Crippen molar-refractivity contribution < 1.29 is 0 Å². The van der Waals surface area contributed by atoms with Crippen molar-refractivity contribution in [3.63, 3.8) is 0 Å². The fourth-order valence-electron chi connectivity index (χ4n) is 3.04. The molecule has 0 radical (unpaired) electrons. The van der Waals surface area contributed by atoms with Gasteiger partial charge in [0.1, 0.15) is 0 Å². The highest BCUT2D eigenvalue weighted by atomic mass is 32.3. The fraction of sp³-hybridized carbons (Fsp3) is 0.733. The minimum Gasteiger partial charge on any atom is -0.267 e. The Morgan fingerprint density at radius 1 is 1.24 bits per heavy atom. The standard InChI is InChI=1S/C15H27NS/c1-4-11-17(16(2)3)12-10-15(13-17)14-8-6-5-7-9-14/h10,12-14H,4-9,11H2,1-3H3. The summed E-state index contributed by atoms with van der Waals surface area (Å²) in [4.78, 5) is 0. The third-order valence-electron chi connectivity index (χ3n) is 4.12. The molecule has 0 amide bonds. The summed E-state index contributed by atoms with van der Waals surface area (Å²) in [5, 5.41) is 5.15. The molecule has 17 heavy (non-hydrogen) atoms. The summed E-state index contributed by atoms with van der Waals surface area (Å²) < 4.78 is 2.46. The van der Waals surface area contributed by atoms with Crippen LogP contribution in [-0.2, 0) is 0 Å². The summed E-state index contributed by atoms with van der Waals surface area (Å²) in [6.45, 7) is 2.30. The van der Waals surface area contributed by atoms with Crippen LogP contribution in [0.25, 0.3) is 0 Å². The van der Waals surface area contributed by atoms with Gasteiger partial charge in [-0.05, 0) is 61.4 Å². The molecule has 1 heterocycles. The van der Waals surface area contributed by atoms with Crippen molar-refractivity contribution >= 4 is 10.2 Å². The minimum atomic E-state index is -0.736. The molecule has 0 spiro atoms. The highest BCUT2D eigenvalue weighted by molar-refractivity contribution is 8.36. The fourth-order valence-corrected chi connectivity index (χ4v) is 5.98. The van der Waals surface area contributed by atoms with Crippen molar-refractivity contribution in [2.24, 2.45) is 5.92 Å². The van der Waals surface area contributed by atoms with Crippen LogP contribution in [-0.4, -0.2) is 24.2 Å². The first kappa shape index (κ1) is 13.2. The molecule has 0 saturated heterocycles. The molecule has 0 bridgehead atoms. The molecule has 0 aromatic carbocycles. The molecule has 1 aliphatic heterocycles. The summed E-state index contributed by atoms with van der Waals surface area (Å²) in [5.41, 5.74) is 1.65. The van der Waals surface area contributed by atoms with E-state index in [4.69, 9.17) is 0 Å². The molecule has 1 aliphatic carbocycles. The van der Waals surface area contributed by atoms with Crippen LogP contribution >= 0.6 is 10.2 Å². The van der Waals surface area contributed by atoms with E-state index in [-0.39, 0.29) is 0 Å². The molecule has 2 rings (SSSR count). The smallest absolute Gasteiger partial charge is 0.00375 e. The minimum absolute atomic E-state index is 0.736. The first-order valence-electron chi connectivity index (χ1n) is 7.06. The Balaban J connectivity index is 2.12. The number of hydrogen-bond donors (Lipinski definition) is 0. The summed E-state index contributed by atoms with van der Waals surface area (Å²) >= 11 is 0. The van der Waals surface area contributed by atoms with Gasteiger partial charge >= 0.3 is 0 Å². The second-order valence-corrected chi connectivity index (χ2v) is 8.85. The van der Waals surface area contributed by atoms with Crippen LogP contribution in [0.15, 0.2) is 22.5 Å². The van der Waals surface area contributed by atoms with Gasteiger partial charge in [0.25, 0.3) is 0 Å². The van der Waals surface area contributed by atoms with Crippen molar-refractivity contribution in [1.29, 1.82) is 0 Å². The molecular formula is C15H27NS. The van der Waals surface area contributed by atoms with E-state index >= 15 is 0 Å². The zero-order chi connectivity index (χ0) is 12.3. The van der Waals surface area contributed by atoms with Gasteiger partial charge in [-0.3, -0.25) is 4.31 Å². The van der Waals surface area contributed by atoms with Gasteiger partial charge in [-0.1, -0.05) is 32.3 Å². The highest BCUT2D eigenvalue weighted by Gasteiger charge is 2.28. The van der Waals surface area contributed by atoms with E-state index in [9.17, 15) is 0 Å². The van der Waals surface area contributed by atoms with Crippen LogP contribution in [0.5, 0.6) is 0 Å². The zero-order valence-electron chi connectivity index (χ0n) is 11.6. The van der Waals surface area contributed by atoms with E-state index in [0.29, 0.717) is 0 Å². The average Bonchev–Trinajstić information content (AvgIpc) is 2.76. The van der Waals surface area contributed by atoms with E-state index in [1.807, 2.05) is 0 Å². The molecule has 1 saturated carbocycles. The Morgan fingerprint density at radius 3 is 2.53 bits per heavy atom. The van der Waals surface area contributed by atoms with Crippen molar-refractivity contribution in [3.05, 3.63) is 22.5 Å². The largest absolute Gasteiger partial charge is 0.267 e. The third-order valence-corrected chi connectivity index (χ3v) is 7.83. The molecule has 0 aromatic rings. The number of hydrogen-bond acceptors (Lipinski definition) is 1. The number of rotatable bonds is 4. The van der Waals surface area contributed by atoms with Crippen LogP contribution in [0.3, 0.4) is 0 Å². The van der Waals surface area contributed by atoms with E-state index in [0.717, 1.165) is 5.92 Å². The van der Waals surface area contributed by atoms with Gasteiger partial charge in [-0.25, -0.2) is 0 Å². The quantitative estimate of drug-likeness (QED) is 0.704. The van der Waals surface area contributed by atoms with Gasteiger partial charge in [-0.2, -0.15) is 0 Å². The average molecular weight is 253 g/mol. The molecule has 2 heteroatoms. The Morgan fingerprint density at radius 2 is 1.94 bits per heavy atom. The Kier molecular flexibility index (Phi) is 4.37. The van der Waals surface area contributed by atoms with Crippen molar-refractivity contribution in [2.45, 2.75) is 45.4 Å². The topological polar surface area (TPSA) is 3.24 Å². The summed E-state index contributed by atoms with van der Waals surface area (Å²) in [5.74, 6) is 2.19. The third kappa shape index (κ3) is 2.79. The molecular weight excluding hydrogens is 226 g/mol. The van der Waals surface area contributed by atoms with Crippen LogP contribution in [0.2, 0.25) is 0 Å². The van der Waals surface area contributed by atoms with E-state index in [2.05, 4.69) is 42.2 Å². The first-order valence-corrected chi connectivity index (χ1v) is 8.95. The monoisotopic (exact) mass is 253 g/mol. The van der Waals surface area contributed by atoms with E-state index in [1.54, 1.807) is 5.57 Å². The van der Waals surface area contributed by atoms with Gasteiger partial charge in [0.05, 0.1) is 0 Å². The van der Waals surface area contributed by atoms with E-state index < -0.39 is 10.2 Å². The SMILES string of the molecule is CCCS1(N(C)C)C=CC(C2CCCCC2)=C1. The van der Waals surface area contributed by atoms with Crippen LogP contribution in [0, 0.1) is 5.92 Å². The molecule has 0 aromatic heterocycles. The van der Waals surface area contributed by atoms with E-state index in [1.165, 1.54) is 44.3 Å². The molecule has 2 aliphatic rings.